The summed E-state index contributed by atoms with van der Waals surface area (Å²) in [6.07, 6.45) is 4.08. The van der Waals surface area contributed by atoms with Crippen molar-refractivity contribution in [2.24, 2.45) is 11.8 Å². The molecule has 0 spiro atoms. The van der Waals surface area contributed by atoms with E-state index in [0.29, 0.717) is 23.4 Å². The number of hydrogen-bond donors (Lipinski definition) is 1. The number of hydrogen-bond acceptors (Lipinski definition) is 5. The van der Waals surface area contributed by atoms with Gasteiger partial charge >= 0.3 is 0 Å². The van der Waals surface area contributed by atoms with Crippen LogP contribution in [0.5, 0.6) is 0 Å². The molecule has 174 valence electrons. The number of ether oxygens (including phenoxy) is 1. The van der Waals surface area contributed by atoms with E-state index < -0.39 is 11.7 Å². The van der Waals surface area contributed by atoms with Crippen LogP contribution in [0.1, 0.15) is 44.1 Å². The number of anilines is 1. The fourth-order valence-electron chi connectivity index (χ4n) is 5.38. The topological polar surface area (TPSA) is 78.3 Å². The maximum Gasteiger partial charge on any atom is 0.229 e. The van der Waals surface area contributed by atoms with Gasteiger partial charge in [-0.3, -0.25) is 9.69 Å². The minimum atomic E-state index is -0.956. The summed E-state index contributed by atoms with van der Waals surface area (Å²) < 4.78 is 19.8. The summed E-state index contributed by atoms with van der Waals surface area (Å²) in [6.45, 7) is 4.18. The third-order valence-electron chi connectivity index (χ3n) is 7.86. The van der Waals surface area contributed by atoms with Crippen molar-refractivity contribution in [3.63, 3.8) is 0 Å². The molecule has 3 fully saturated rings. The van der Waals surface area contributed by atoms with Gasteiger partial charge in [-0.1, -0.05) is 11.6 Å². The monoisotopic (exact) mass is 470 g/mol. The lowest BCUT2D eigenvalue weighted by Gasteiger charge is -2.43. The molecule has 0 radical (unpaired) electrons. The number of halogens is 2. The molecule has 1 aliphatic carbocycles. The van der Waals surface area contributed by atoms with Gasteiger partial charge in [0, 0.05) is 16.6 Å². The van der Waals surface area contributed by atoms with Crippen molar-refractivity contribution in [3.8, 4) is 6.07 Å². The van der Waals surface area contributed by atoms with Gasteiger partial charge in [-0.05, 0) is 80.8 Å². The molecular formula is C25H28ClFN4O2. The lowest BCUT2D eigenvalue weighted by molar-refractivity contribution is -0.123. The number of carbonyl (C=O) groups excluding carboxylic acids is 1. The summed E-state index contributed by atoms with van der Waals surface area (Å²) in [7, 11) is 0. The van der Waals surface area contributed by atoms with E-state index in [2.05, 4.69) is 27.3 Å². The number of likely N-dealkylation sites (tertiary alicyclic amines) is 1. The Morgan fingerprint density at radius 3 is 2.70 bits per heavy atom. The van der Waals surface area contributed by atoms with Crippen molar-refractivity contribution in [2.45, 2.75) is 50.2 Å². The molecule has 1 amide bonds. The maximum absolute atomic E-state index is 14.4. The molecule has 2 aromatic rings. The molecule has 1 N–H and O–H groups in total. The van der Waals surface area contributed by atoms with Crippen molar-refractivity contribution >= 4 is 34.1 Å². The minimum absolute atomic E-state index is 0.142. The van der Waals surface area contributed by atoms with E-state index in [9.17, 15) is 9.18 Å². The zero-order valence-corrected chi connectivity index (χ0v) is 19.4. The quantitative estimate of drug-likeness (QED) is 0.701. The first-order chi connectivity index (χ1) is 15.9. The number of nitrogens with one attached hydrogen (secondary N) is 1. The van der Waals surface area contributed by atoms with Crippen LogP contribution in [0.4, 0.5) is 10.2 Å². The number of amides is 1. The normalized spacial score (nSPS) is 30.7. The van der Waals surface area contributed by atoms with Gasteiger partial charge in [0.05, 0.1) is 36.7 Å². The molecule has 1 saturated carbocycles. The third-order valence-corrected chi connectivity index (χ3v) is 8.18. The highest BCUT2D eigenvalue weighted by molar-refractivity contribution is 6.32. The zero-order chi connectivity index (χ0) is 23.2. The first-order valence-corrected chi connectivity index (χ1v) is 12.0. The molecule has 2 unspecified atom stereocenters. The first kappa shape index (κ1) is 22.5. The average molecular weight is 471 g/mol. The van der Waals surface area contributed by atoms with Crippen LogP contribution in [-0.4, -0.2) is 53.8 Å². The van der Waals surface area contributed by atoms with Gasteiger partial charge in [0.1, 0.15) is 12.0 Å². The summed E-state index contributed by atoms with van der Waals surface area (Å²) in [5.41, 5.74) is 0.544. The summed E-state index contributed by atoms with van der Waals surface area (Å²) in [6, 6.07) is 8.09. The van der Waals surface area contributed by atoms with Gasteiger partial charge in [-0.15, -0.1) is 0 Å². The molecule has 5 rings (SSSR count). The Balaban J connectivity index is 1.31. The maximum atomic E-state index is 14.4. The highest BCUT2D eigenvalue weighted by Crippen LogP contribution is 2.39. The Hall–Kier alpha value is -2.27. The Bertz CT molecular complexity index is 1110. The van der Waals surface area contributed by atoms with Crippen molar-refractivity contribution in [1.82, 2.24) is 9.88 Å². The van der Waals surface area contributed by atoms with Crippen molar-refractivity contribution in [1.29, 1.82) is 5.26 Å². The van der Waals surface area contributed by atoms with Gasteiger partial charge < -0.3 is 10.1 Å². The second-order valence-corrected chi connectivity index (χ2v) is 10.2. The molecule has 0 bridgehead atoms. The van der Waals surface area contributed by atoms with E-state index in [1.165, 1.54) is 0 Å². The molecule has 33 heavy (non-hydrogen) atoms. The number of benzene rings is 1. The van der Waals surface area contributed by atoms with E-state index in [1.54, 1.807) is 6.20 Å². The van der Waals surface area contributed by atoms with Crippen LogP contribution < -0.4 is 5.32 Å². The third kappa shape index (κ3) is 4.09. The van der Waals surface area contributed by atoms with E-state index in [-0.39, 0.29) is 24.3 Å². The second-order valence-electron chi connectivity index (χ2n) is 9.80. The predicted molar refractivity (Wildman–Crippen MR) is 125 cm³/mol. The molecule has 2 saturated heterocycles. The minimum Gasteiger partial charge on any atom is -0.376 e. The number of nitrogens with zero attached hydrogens (tertiary/aromatic N) is 3. The van der Waals surface area contributed by atoms with Gasteiger partial charge in [0.2, 0.25) is 5.91 Å². The number of fused-ring (bicyclic) bond motifs is 1. The van der Waals surface area contributed by atoms with E-state index in [4.69, 9.17) is 21.6 Å². The largest absolute Gasteiger partial charge is 0.376 e. The molecule has 6 nitrogen and oxygen atoms in total. The van der Waals surface area contributed by atoms with Gasteiger partial charge in [-0.25, -0.2) is 9.37 Å². The molecule has 8 heteroatoms. The SMILES string of the molecule is C[C@]1(N2CCC(c3cc4cc(NC(=O)C5CCC5C#N)ncc4cc3Cl)CC2)COC[C@H]1F. The molecule has 3 heterocycles. The summed E-state index contributed by atoms with van der Waals surface area (Å²) >= 11 is 6.65. The van der Waals surface area contributed by atoms with Crippen molar-refractivity contribution < 1.29 is 13.9 Å². The Kier molecular flexibility index (Phi) is 6.02. The molecule has 2 aliphatic heterocycles. The highest BCUT2D eigenvalue weighted by atomic mass is 35.5. The van der Waals surface area contributed by atoms with E-state index in [0.717, 1.165) is 55.1 Å². The lowest BCUT2D eigenvalue weighted by atomic mass is 9.74. The van der Waals surface area contributed by atoms with Crippen LogP contribution >= 0.6 is 11.6 Å². The Morgan fingerprint density at radius 2 is 2.06 bits per heavy atom. The molecule has 3 aliphatic rings. The van der Waals surface area contributed by atoms with Gasteiger partial charge in [0.25, 0.3) is 0 Å². The number of rotatable bonds is 4. The highest BCUT2D eigenvalue weighted by Gasteiger charge is 2.46. The van der Waals surface area contributed by atoms with Crippen LogP contribution in [0.2, 0.25) is 5.02 Å². The molecule has 1 aromatic heterocycles. The first-order valence-electron chi connectivity index (χ1n) is 11.7. The number of carbonyl (C=O) groups is 1. The van der Waals surface area contributed by atoms with Gasteiger partial charge in [-0.2, -0.15) is 5.26 Å². The van der Waals surface area contributed by atoms with Crippen LogP contribution in [0.25, 0.3) is 10.8 Å². The van der Waals surface area contributed by atoms with Crippen LogP contribution in [0, 0.1) is 23.2 Å². The van der Waals surface area contributed by atoms with Crippen LogP contribution in [-0.2, 0) is 9.53 Å². The Labute approximate surface area is 198 Å². The lowest BCUT2D eigenvalue weighted by Crippen LogP contribution is -2.55. The number of nitriles is 1. The summed E-state index contributed by atoms with van der Waals surface area (Å²) in [5.74, 6) is 0.181. The second kappa shape index (κ2) is 8.83. The molecule has 4 atom stereocenters. The summed E-state index contributed by atoms with van der Waals surface area (Å²) in [5, 5.41) is 14.6. The molecule has 1 aromatic carbocycles. The zero-order valence-electron chi connectivity index (χ0n) is 18.7. The van der Waals surface area contributed by atoms with E-state index >= 15 is 0 Å². The molecular weight excluding hydrogens is 443 g/mol. The van der Waals surface area contributed by atoms with Crippen LogP contribution in [0.15, 0.2) is 24.4 Å². The standard InChI is InChI=1S/C25H28ClFN4O2/c1-25(14-33-13-22(25)27)31-6-4-15(5-7-31)20-8-17-10-23(29-12-18(17)9-21(20)26)30-24(32)19-3-2-16(19)11-28/h8-10,12,15-16,19,22H,2-7,13-14H2,1H3,(H,29,30,32)/t16?,19?,22-,25+/m1/s1. The summed E-state index contributed by atoms with van der Waals surface area (Å²) in [4.78, 5) is 19.1. The Morgan fingerprint density at radius 1 is 1.27 bits per heavy atom. The average Bonchev–Trinajstić information content (AvgIpc) is 3.12. The number of pyridine rings is 1. The number of piperidine rings is 1. The van der Waals surface area contributed by atoms with E-state index in [1.807, 2.05) is 19.1 Å². The number of alkyl halides is 1. The number of aromatic nitrogens is 1. The van der Waals surface area contributed by atoms with Gasteiger partial charge in [0.15, 0.2) is 0 Å². The van der Waals surface area contributed by atoms with Crippen molar-refractivity contribution in [3.05, 3.63) is 35.0 Å². The fraction of sp³-hybridized carbons (Fsp3) is 0.560. The van der Waals surface area contributed by atoms with Crippen molar-refractivity contribution in [2.75, 3.05) is 31.6 Å². The van der Waals surface area contributed by atoms with Crippen LogP contribution in [0.3, 0.4) is 0 Å². The predicted octanol–water partition coefficient (Wildman–Crippen LogP) is 4.68. The smallest absolute Gasteiger partial charge is 0.229 e. The fourth-order valence-corrected chi connectivity index (χ4v) is 5.71.